The lowest BCUT2D eigenvalue weighted by atomic mass is 10.1. The van der Waals surface area contributed by atoms with Crippen LogP contribution in [0.25, 0.3) is 17.3 Å². The third-order valence-electron chi connectivity index (χ3n) is 5.01. The third kappa shape index (κ3) is 5.08. The Morgan fingerprint density at radius 3 is 2.31 bits per heavy atom. The largest absolute Gasteiger partial charge is 0.355 e. The summed E-state index contributed by atoms with van der Waals surface area (Å²) in [5.41, 5.74) is 3.53. The standard InChI is InChI=1S/C24H24N4O/c29-24(16-9-19-7-3-1-4-8-19)25-21-12-10-20(11-13-21)22-14-15-23(27-26-22)28-17-5-2-6-18-28/h1,3-4,7-16H,2,5-6,17-18H2,(H,25,29)/b16-9+. The highest BCUT2D eigenvalue weighted by Crippen LogP contribution is 2.22. The van der Waals surface area contributed by atoms with Gasteiger partial charge in [-0.1, -0.05) is 42.5 Å². The zero-order valence-corrected chi connectivity index (χ0v) is 16.3. The van der Waals surface area contributed by atoms with E-state index < -0.39 is 0 Å². The molecule has 1 aliphatic heterocycles. The van der Waals surface area contributed by atoms with Crippen LogP contribution < -0.4 is 10.2 Å². The molecule has 2 heterocycles. The molecule has 0 saturated carbocycles. The van der Waals surface area contributed by atoms with E-state index in [9.17, 15) is 4.79 Å². The zero-order valence-electron chi connectivity index (χ0n) is 16.3. The topological polar surface area (TPSA) is 58.1 Å². The van der Waals surface area contributed by atoms with Crippen molar-refractivity contribution in [3.63, 3.8) is 0 Å². The second kappa shape index (κ2) is 9.15. The fraction of sp³-hybridized carbons (Fsp3) is 0.208. The van der Waals surface area contributed by atoms with E-state index in [4.69, 9.17) is 0 Å². The molecule has 0 radical (unpaired) electrons. The molecule has 146 valence electrons. The fourth-order valence-corrected chi connectivity index (χ4v) is 3.42. The number of carbonyl (C=O) groups is 1. The summed E-state index contributed by atoms with van der Waals surface area (Å²) >= 11 is 0. The van der Waals surface area contributed by atoms with Crippen molar-refractivity contribution in [1.29, 1.82) is 0 Å². The molecule has 29 heavy (non-hydrogen) atoms. The second-order valence-electron chi connectivity index (χ2n) is 7.14. The van der Waals surface area contributed by atoms with E-state index in [1.54, 1.807) is 6.08 Å². The summed E-state index contributed by atoms with van der Waals surface area (Å²) in [5, 5.41) is 11.7. The maximum atomic E-state index is 12.1. The number of amides is 1. The van der Waals surface area contributed by atoms with Gasteiger partial charge in [0.25, 0.3) is 0 Å². The Balaban J connectivity index is 1.37. The van der Waals surface area contributed by atoms with Crippen molar-refractivity contribution in [2.24, 2.45) is 0 Å². The van der Waals surface area contributed by atoms with Gasteiger partial charge in [0, 0.05) is 30.4 Å². The molecule has 0 bridgehead atoms. The van der Waals surface area contributed by atoms with E-state index >= 15 is 0 Å². The number of rotatable bonds is 5. The highest BCUT2D eigenvalue weighted by atomic mass is 16.1. The summed E-state index contributed by atoms with van der Waals surface area (Å²) in [6.45, 7) is 2.11. The van der Waals surface area contributed by atoms with Gasteiger partial charge >= 0.3 is 0 Å². The van der Waals surface area contributed by atoms with Crippen LogP contribution in [0.2, 0.25) is 0 Å². The van der Waals surface area contributed by atoms with E-state index in [0.29, 0.717) is 0 Å². The lowest BCUT2D eigenvalue weighted by Crippen LogP contribution is -2.30. The summed E-state index contributed by atoms with van der Waals surface area (Å²) in [5.74, 6) is 0.787. The number of anilines is 2. The molecule has 2 aromatic carbocycles. The predicted molar refractivity (Wildman–Crippen MR) is 118 cm³/mol. The highest BCUT2D eigenvalue weighted by Gasteiger charge is 2.12. The number of piperidine rings is 1. The van der Waals surface area contributed by atoms with Crippen LogP contribution in [0, 0.1) is 0 Å². The van der Waals surface area contributed by atoms with E-state index in [1.807, 2.05) is 66.7 Å². The number of nitrogens with one attached hydrogen (secondary N) is 1. The first-order valence-corrected chi connectivity index (χ1v) is 10.0. The minimum Gasteiger partial charge on any atom is -0.355 e. The van der Waals surface area contributed by atoms with Crippen LogP contribution >= 0.6 is 0 Å². The van der Waals surface area contributed by atoms with Crippen LogP contribution in [-0.4, -0.2) is 29.2 Å². The van der Waals surface area contributed by atoms with E-state index in [0.717, 1.165) is 41.4 Å². The molecule has 0 unspecified atom stereocenters. The Bertz CT molecular complexity index is 960. The van der Waals surface area contributed by atoms with Crippen molar-refractivity contribution in [3.05, 3.63) is 78.4 Å². The molecule has 5 heteroatoms. The van der Waals surface area contributed by atoms with Gasteiger partial charge in [-0.3, -0.25) is 4.79 Å². The van der Waals surface area contributed by atoms with Gasteiger partial charge in [-0.15, -0.1) is 10.2 Å². The smallest absolute Gasteiger partial charge is 0.248 e. The van der Waals surface area contributed by atoms with Crippen LogP contribution in [0.4, 0.5) is 11.5 Å². The number of hydrogen-bond donors (Lipinski definition) is 1. The Kier molecular flexibility index (Phi) is 5.95. The van der Waals surface area contributed by atoms with Crippen LogP contribution in [0.15, 0.2) is 72.8 Å². The summed E-state index contributed by atoms with van der Waals surface area (Å²) in [7, 11) is 0. The van der Waals surface area contributed by atoms with Gasteiger partial charge in [-0.25, -0.2) is 0 Å². The van der Waals surface area contributed by atoms with Gasteiger partial charge in [-0.05, 0) is 55.2 Å². The number of nitrogens with zero attached hydrogens (tertiary/aromatic N) is 3. The first-order valence-electron chi connectivity index (χ1n) is 10.0. The Morgan fingerprint density at radius 1 is 0.862 bits per heavy atom. The molecule has 0 atom stereocenters. The lowest BCUT2D eigenvalue weighted by Gasteiger charge is -2.27. The minimum atomic E-state index is -0.160. The summed E-state index contributed by atoms with van der Waals surface area (Å²) in [6, 6.07) is 21.4. The monoisotopic (exact) mass is 384 g/mol. The summed E-state index contributed by atoms with van der Waals surface area (Å²) in [4.78, 5) is 14.4. The summed E-state index contributed by atoms with van der Waals surface area (Å²) in [6.07, 6.45) is 7.07. The fourth-order valence-electron chi connectivity index (χ4n) is 3.42. The number of benzene rings is 2. The van der Waals surface area contributed by atoms with E-state index in [2.05, 4.69) is 20.4 Å². The van der Waals surface area contributed by atoms with E-state index in [1.165, 1.54) is 25.3 Å². The minimum absolute atomic E-state index is 0.160. The van der Waals surface area contributed by atoms with Crippen molar-refractivity contribution >= 4 is 23.5 Å². The maximum absolute atomic E-state index is 12.1. The first kappa shape index (κ1) is 18.9. The van der Waals surface area contributed by atoms with Crippen molar-refractivity contribution in [1.82, 2.24) is 10.2 Å². The maximum Gasteiger partial charge on any atom is 0.248 e. The molecule has 1 aromatic heterocycles. The Hall–Kier alpha value is -3.47. The number of hydrogen-bond acceptors (Lipinski definition) is 4. The van der Waals surface area contributed by atoms with Gasteiger partial charge in [0.05, 0.1) is 5.69 Å². The molecule has 3 aromatic rings. The molecule has 1 amide bonds. The Labute approximate surface area is 171 Å². The molecule has 0 aliphatic carbocycles. The molecular weight excluding hydrogens is 360 g/mol. The average Bonchev–Trinajstić information content (AvgIpc) is 2.80. The second-order valence-corrected chi connectivity index (χ2v) is 7.14. The highest BCUT2D eigenvalue weighted by molar-refractivity contribution is 6.02. The van der Waals surface area contributed by atoms with Crippen LogP contribution in [-0.2, 0) is 4.79 Å². The van der Waals surface area contributed by atoms with Gasteiger partial charge in [0.2, 0.25) is 5.91 Å². The average molecular weight is 384 g/mol. The molecular formula is C24H24N4O. The summed E-state index contributed by atoms with van der Waals surface area (Å²) < 4.78 is 0. The molecule has 1 saturated heterocycles. The zero-order chi connectivity index (χ0) is 19.9. The SMILES string of the molecule is O=C(/C=C/c1ccccc1)Nc1ccc(-c2ccc(N3CCCCC3)nn2)cc1. The number of aromatic nitrogens is 2. The van der Waals surface area contributed by atoms with Crippen molar-refractivity contribution in [2.75, 3.05) is 23.3 Å². The molecule has 0 spiro atoms. The van der Waals surface area contributed by atoms with Gasteiger partial charge in [0.15, 0.2) is 5.82 Å². The van der Waals surface area contributed by atoms with Crippen LogP contribution in [0.5, 0.6) is 0 Å². The van der Waals surface area contributed by atoms with Crippen LogP contribution in [0.1, 0.15) is 24.8 Å². The van der Waals surface area contributed by atoms with Crippen LogP contribution in [0.3, 0.4) is 0 Å². The normalized spacial score (nSPS) is 14.1. The van der Waals surface area contributed by atoms with Gasteiger partial charge in [-0.2, -0.15) is 0 Å². The van der Waals surface area contributed by atoms with Gasteiger partial charge < -0.3 is 10.2 Å². The number of carbonyl (C=O) groups excluding carboxylic acids is 1. The Morgan fingerprint density at radius 2 is 1.62 bits per heavy atom. The molecule has 1 aliphatic rings. The van der Waals surface area contributed by atoms with Crippen molar-refractivity contribution in [2.45, 2.75) is 19.3 Å². The predicted octanol–water partition coefficient (Wildman–Crippen LogP) is 4.79. The molecule has 5 nitrogen and oxygen atoms in total. The lowest BCUT2D eigenvalue weighted by molar-refractivity contribution is -0.111. The van der Waals surface area contributed by atoms with Crippen molar-refractivity contribution in [3.8, 4) is 11.3 Å². The van der Waals surface area contributed by atoms with E-state index in [-0.39, 0.29) is 5.91 Å². The molecule has 1 N–H and O–H groups in total. The molecule has 1 fully saturated rings. The molecule has 4 rings (SSSR count). The third-order valence-corrected chi connectivity index (χ3v) is 5.01. The van der Waals surface area contributed by atoms with Crippen molar-refractivity contribution < 1.29 is 4.79 Å². The first-order chi connectivity index (χ1) is 14.3. The van der Waals surface area contributed by atoms with Gasteiger partial charge in [0.1, 0.15) is 0 Å². The quantitative estimate of drug-likeness (QED) is 0.643.